The molecule has 1 atom stereocenters. The first-order valence-corrected chi connectivity index (χ1v) is 8.52. The smallest absolute Gasteiger partial charge is 0.318 e. The zero-order valence-corrected chi connectivity index (χ0v) is 15.2. The number of carbonyl (C=O) groups is 2. The lowest BCUT2D eigenvalue weighted by Gasteiger charge is -2.25. The van der Waals surface area contributed by atoms with E-state index in [9.17, 15) is 9.59 Å². The maximum atomic E-state index is 12.7. The molecule has 7 nitrogen and oxygen atoms in total. The van der Waals surface area contributed by atoms with E-state index in [1.165, 1.54) is 0 Å². The number of methoxy groups -OCH3 is 2. The van der Waals surface area contributed by atoms with Gasteiger partial charge in [0.2, 0.25) is 5.91 Å². The fourth-order valence-corrected chi connectivity index (χ4v) is 2.89. The molecule has 0 aliphatic carbocycles. The summed E-state index contributed by atoms with van der Waals surface area (Å²) >= 11 is 0. The van der Waals surface area contributed by atoms with E-state index >= 15 is 0 Å². The number of amides is 3. The summed E-state index contributed by atoms with van der Waals surface area (Å²) in [6.45, 7) is 4.54. The molecule has 1 fully saturated rings. The Morgan fingerprint density at radius 2 is 2.20 bits per heavy atom. The Kier molecular flexibility index (Phi) is 7.06. The van der Waals surface area contributed by atoms with Gasteiger partial charge in [-0.2, -0.15) is 0 Å². The predicted molar refractivity (Wildman–Crippen MR) is 94.5 cm³/mol. The summed E-state index contributed by atoms with van der Waals surface area (Å²) in [5, 5.41) is 2.97. The Bertz CT molecular complexity index is 593. The first-order chi connectivity index (χ1) is 12.1. The van der Waals surface area contributed by atoms with Crippen LogP contribution < -0.4 is 10.1 Å². The third kappa shape index (κ3) is 5.35. The van der Waals surface area contributed by atoms with Crippen LogP contribution in [-0.4, -0.2) is 68.2 Å². The molecule has 2 rings (SSSR count). The summed E-state index contributed by atoms with van der Waals surface area (Å²) in [6, 6.07) is 7.30. The molecular formula is C18H27N3O4. The number of carbonyl (C=O) groups excluding carboxylic acids is 2. The number of likely N-dealkylation sites (N-methyl/N-ethyl adjacent to an activating group) is 1. The summed E-state index contributed by atoms with van der Waals surface area (Å²) in [6.07, 6.45) is 0.358. The molecule has 0 spiro atoms. The standard InChI is InChI=1S/C18H27N3O4/c1-4-20-13-15(11-17(20)22)19-18(23)21(8-9-24-2)12-14-6-5-7-16(10-14)25-3/h5-7,10,15H,4,8-9,11-13H2,1-3H3,(H,19,23). The largest absolute Gasteiger partial charge is 0.497 e. The summed E-state index contributed by atoms with van der Waals surface area (Å²) < 4.78 is 10.4. The topological polar surface area (TPSA) is 71.1 Å². The number of likely N-dealkylation sites (tertiary alicyclic amines) is 1. The van der Waals surface area contributed by atoms with Crippen LogP contribution in [0, 0.1) is 0 Å². The van der Waals surface area contributed by atoms with Crippen LogP contribution in [0.25, 0.3) is 0 Å². The Morgan fingerprint density at radius 3 is 2.84 bits per heavy atom. The molecular weight excluding hydrogens is 322 g/mol. The number of nitrogens with one attached hydrogen (secondary N) is 1. The molecule has 1 aliphatic heterocycles. The maximum Gasteiger partial charge on any atom is 0.318 e. The Balaban J connectivity index is 2.00. The van der Waals surface area contributed by atoms with E-state index in [0.29, 0.717) is 39.2 Å². The van der Waals surface area contributed by atoms with E-state index in [-0.39, 0.29) is 18.0 Å². The van der Waals surface area contributed by atoms with Gasteiger partial charge in [0, 0.05) is 39.7 Å². The lowest BCUT2D eigenvalue weighted by molar-refractivity contribution is -0.127. The van der Waals surface area contributed by atoms with Crippen LogP contribution in [0.5, 0.6) is 5.75 Å². The molecule has 1 aromatic carbocycles. The minimum atomic E-state index is -0.185. The number of hydrogen-bond acceptors (Lipinski definition) is 4. The molecule has 7 heteroatoms. The van der Waals surface area contributed by atoms with Crippen molar-refractivity contribution in [2.24, 2.45) is 0 Å². The zero-order chi connectivity index (χ0) is 18.2. The number of urea groups is 1. The molecule has 25 heavy (non-hydrogen) atoms. The Morgan fingerprint density at radius 1 is 1.40 bits per heavy atom. The minimum absolute atomic E-state index is 0.0871. The van der Waals surface area contributed by atoms with Gasteiger partial charge in [-0.3, -0.25) is 4.79 Å². The molecule has 1 unspecified atom stereocenters. The van der Waals surface area contributed by atoms with E-state index in [1.54, 1.807) is 24.0 Å². The van der Waals surface area contributed by atoms with Crippen LogP contribution in [0.15, 0.2) is 24.3 Å². The van der Waals surface area contributed by atoms with Crippen LogP contribution in [0.2, 0.25) is 0 Å². The highest BCUT2D eigenvalue weighted by Gasteiger charge is 2.30. The molecule has 1 heterocycles. The molecule has 0 aromatic heterocycles. The molecule has 1 saturated heterocycles. The Labute approximate surface area is 148 Å². The number of benzene rings is 1. The highest BCUT2D eigenvalue weighted by atomic mass is 16.5. The van der Waals surface area contributed by atoms with Crippen molar-refractivity contribution in [3.05, 3.63) is 29.8 Å². The van der Waals surface area contributed by atoms with Crippen molar-refractivity contribution in [2.75, 3.05) is 40.5 Å². The number of hydrogen-bond donors (Lipinski definition) is 1. The summed E-state index contributed by atoms with van der Waals surface area (Å²) in [5.41, 5.74) is 0.975. The average molecular weight is 349 g/mol. The van der Waals surface area contributed by atoms with Crippen molar-refractivity contribution in [2.45, 2.75) is 25.9 Å². The zero-order valence-electron chi connectivity index (χ0n) is 15.2. The van der Waals surface area contributed by atoms with Gasteiger partial charge in [-0.1, -0.05) is 12.1 Å². The second-order valence-electron chi connectivity index (χ2n) is 6.05. The van der Waals surface area contributed by atoms with E-state index in [0.717, 1.165) is 11.3 Å². The Hall–Kier alpha value is -2.28. The second-order valence-corrected chi connectivity index (χ2v) is 6.05. The lowest BCUT2D eigenvalue weighted by Crippen LogP contribution is -2.46. The highest BCUT2D eigenvalue weighted by molar-refractivity contribution is 5.81. The van der Waals surface area contributed by atoms with E-state index in [2.05, 4.69) is 5.32 Å². The van der Waals surface area contributed by atoms with Gasteiger partial charge in [-0.15, -0.1) is 0 Å². The molecule has 1 N–H and O–H groups in total. The van der Waals surface area contributed by atoms with Gasteiger partial charge in [-0.25, -0.2) is 4.79 Å². The average Bonchev–Trinajstić information content (AvgIpc) is 2.97. The predicted octanol–water partition coefficient (Wildman–Crippen LogP) is 1.47. The highest BCUT2D eigenvalue weighted by Crippen LogP contribution is 2.15. The molecule has 3 amide bonds. The van der Waals surface area contributed by atoms with Gasteiger partial charge in [0.25, 0.3) is 0 Å². The molecule has 1 aromatic rings. The van der Waals surface area contributed by atoms with Crippen LogP contribution in [0.4, 0.5) is 4.79 Å². The monoisotopic (exact) mass is 349 g/mol. The summed E-state index contributed by atoms with van der Waals surface area (Å²) in [5.74, 6) is 0.841. The first-order valence-electron chi connectivity index (χ1n) is 8.52. The molecule has 138 valence electrons. The van der Waals surface area contributed by atoms with E-state index < -0.39 is 0 Å². The molecule has 0 bridgehead atoms. The lowest BCUT2D eigenvalue weighted by atomic mass is 10.2. The normalized spacial score (nSPS) is 16.8. The molecule has 0 radical (unpaired) electrons. The van der Waals surface area contributed by atoms with Crippen LogP contribution in [0.1, 0.15) is 18.9 Å². The number of rotatable bonds is 8. The third-order valence-corrected chi connectivity index (χ3v) is 4.28. The fourth-order valence-electron chi connectivity index (χ4n) is 2.89. The van der Waals surface area contributed by atoms with Gasteiger partial charge in [0.15, 0.2) is 0 Å². The van der Waals surface area contributed by atoms with Crippen molar-refractivity contribution in [3.63, 3.8) is 0 Å². The van der Waals surface area contributed by atoms with Gasteiger partial charge in [0.1, 0.15) is 5.75 Å². The molecule has 1 aliphatic rings. The van der Waals surface area contributed by atoms with Crippen molar-refractivity contribution in [3.8, 4) is 5.75 Å². The number of nitrogens with zero attached hydrogens (tertiary/aromatic N) is 2. The number of ether oxygens (including phenoxy) is 2. The van der Waals surface area contributed by atoms with Gasteiger partial charge >= 0.3 is 6.03 Å². The second kappa shape index (κ2) is 9.27. The maximum absolute atomic E-state index is 12.7. The van der Waals surface area contributed by atoms with Crippen LogP contribution in [-0.2, 0) is 16.1 Å². The summed E-state index contributed by atoms with van der Waals surface area (Å²) in [7, 11) is 3.22. The minimum Gasteiger partial charge on any atom is -0.497 e. The van der Waals surface area contributed by atoms with Crippen molar-refractivity contribution < 1.29 is 19.1 Å². The SMILES string of the molecule is CCN1CC(NC(=O)N(CCOC)Cc2cccc(OC)c2)CC1=O. The molecule has 0 saturated carbocycles. The fraction of sp³-hybridized carbons (Fsp3) is 0.556. The van der Waals surface area contributed by atoms with Crippen LogP contribution in [0.3, 0.4) is 0 Å². The van der Waals surface area contributed by atoms with E-state index in [1.807, 2.05) is 31.2 Å². The van der Waals surface area contributed by atoms with Gasteiger partial charge < -0.3 is 24.6 Å². The van der Waals surface area contributed by atoms with Crippen molar-refractivity contribution in [1.29, 1.82) is 0 Å². The van der Waals surface area contributed by atoms with Crippen molar-refractivity contribution in [1.82, 2.24) is 15.1 Å². The van der Waals surface area contributed by atoms with Gasteiger partial charge in [0.05, 0.1) is 19.8 Å². The first kappa shape index (κ1) is 19.1. The van der Waals surface area contributed by atoms with E-state index in [4.69, 9.17) is 9.47 Å². The summed E-state index contributed by atoms with van der Waals surface area (Å²) in [4.78, 5) is 27.9. The quantitative estimate of drug-likeness (QED) is 0.772. The van der Waals surface area contributed by atoms with Crippen LogP contribution >= 0.6 is 0 Å². The van der Waals surface area contributed by atoms with Gasteiger partial charge in [-0.05, 0) is 24.6 Å². The van der Waals surface area contributed by atoms with Crippen molar-refractivity contribution >= 4 is 11.9 Å². The third-order valence-electron chi connectivity index (χ3n) is 4.28.